The zero-order chi connectivity index (χ0) is 9.68. The SMILES string of the molecule is N#CC(C#N)C1=CC=COC1C#N. The Hall–Kier alpha value is -2.25. The molecule has 0 aliphatic carbocycles. The summed E-state index contributed by atoms with van der Waals surface area (Å²) in [5.41, 5.74) is 0.398. The minimum Gasteiger partial charge on any atom is -0.479 e. The van der Waals surface area contributed by atoms with Crippen molar-refractivity contribution in [3.8, 4) is 18.2 Å². The fraction of sp³-hybridized carbons (Fsp3) is 0.222. The Kier molecular flexibility index (Phi) is 2.69. The molecule has 1 aliphatic heterocycles. The first-order valence-electron chi connectivity index (χ1n) is 3.54. The Bertz CT molecular complexity index is 361. The molecule has 0 radical (unpaired) electrons. The number of allylic oxidation sites excluding steroid dienone is 2. The lowest BCUT2D eigenvalue weighted by Gasteiger charge is -2.15. The van der Waals surface area contributed by atoms with E-state index in [0.717, 1.165) is 0 Å². The fourth-order valence-corrected chi connectivity index (χ4v) is 0.971. The van der Waals surface area contributed by atoms with Crippen LogP contribution in [0.3, 0.4) is 0 Å². The molecular weight excluding hydrogens is 166 g/mol. The summed E-state index contributed by atoms with van der Waals surface area (Å²) in [6.45, 7) is 0. The highest BCUT2D eigenvalue weighted by molar-refractivity contribution is 5.34. The number of hydrogen-bond acceptors (Lipinski definition) is 4. The average molecular weight is 171 g/mol. The standard InChI is InChI=1S/C9H5N3O/c10-4-7(5-11)8-2-1-3-13-9(8)6-12/h1-3,7,9H. The topological polar surface area (TPSA) is 80.6 Å². The van der Waals surface area contributed by atoms with Crippen LogP contribution in [0.1, 0.15) is 0 Å². The van der Waals surface area contributed by atoms with Crippen LogP contribution in [0.4, 0.5) is 0 Å². The maximum Gasteiger partial charge on any atom is 0.207 e. The molecule has 4 nitrogen and oxygen atoms in total. The number of hydrogen-bond donors (Lipinski definition) is 0. The molecule has 13 heavy (non-hydrogen) atoms. The van der Waals surface area contributed by atoms with Crippen LogP contribution in [0.25, 0.3) is 0 Å². The summed E-state index contributed by atoms with van der Waals surface area (Å²) >= 11 is 0. The van der Waals surface area contributed by atoms with Gasteiger partial charge in [-0.05, 0) is 6.08 Å². The lowest BCUT2D eigenvalue weighted by molar-refractivity contribution is 0.214. The normalized spacial score (nSPS) is 19.2. The van der Waals surface area contributed by atoms with Crippen LogP contribution in [-0.2, 0) is 4.74 Å². The molecule has 1 unspecified atom stereocenters. The van der Waals surface area contributed by atoms with E-state index in [1.54, 1.807) is 24.3 Å². The third kappa shape index (κ3) is 1.67. The van der Waals surface area contributed by atoms with Crippen LogP contribution in [0.15, 0.2) is 24.0 Å². The quantitative estimate of drug-likeness (QED) is 0.589. The Morgan fingerprint density at radius 1 is 1.31 bits per heavy atom. The second kappa shape index (κ2) is 3.95. The van der Waals surface area contributed by atoms with Crippen molar-refractivity contribution in [2.45, 2.75) is 6.10 Å². The molecule has 1 heterocycles. The third-order valence-electron chi connectivity index (χ3n) is 1.59. The molecule has 0 bridgehead atoms. The van der Waals surface area contributed by atoms with Gasteiger partial charge in [0.15, 0.2) is 5.92 Å². The maximum atomic E-state index is 8.63. The lowest BCUT2D eigenvalue weighted by Crippen LogP contribution is -2.18. The third-order valence-corrected chi connectivity index (χ3v) is 1.59. The van der Waals surface area contributed by atoms with Crippen LogP contribution in [0.2, 0.25) is 0 Å². The van der Waals surface area contributed by atoms with E-state index >= 15 is 0 Å². The number of ether oxygens (including phenoxy) is 1. The van der Waals surface area contributed by atoms with Gasteiger partial charge in [0.05, 0.1) is 18.4 Å². The minimum atomic E-state index is -0.908. The zero-order valence-electron chi connectivity index (χ0n) is 6.64. The van der Waals surface area contributed by atoms with E-state index in [9.17, 15) is 0 Å². The van der Waals surface area contributed by atoms with Crippen molar-refractivity contribution < 1.29 is 4.74 Å². The van der Waals surface area contributed by atoms with Crippen LogP contribution in [0, 0.1) is 39.9 Å². The Labute approximate surface area is 75.6 Å². The van der Waals surface area contributed by atoms with Gasteiger partial charge < -0.3 is 4.74 Å². The van der Waals surface area contributed by atoms with E-state index < -0.39 is 12.0 Å². The summed E-state index contributed by atoms with van der Waals surface area (Å²) in [5, 5.41) is 25.8. The predicted octanol–water partition coefficient (Wildman–Crippen LogP) is 1.01. The molecule has 0 saturated heterocycles. The summed E-state index contributed by atoms with van der Waals surface area (Å²) in [6, 6.07) is 5.44. The maximum absolute atomic E-state index is 8.63. The lowest BCUT2D eigenvalue weighted by atomic mass is 9.96. The van der Waals surface area contributed by atoms with E-state index in [1.807, 2.05) is 6.07 Å². The first-order valence-corrected chi connectivity index (χ1v) is 3.54. The first-order chi connectivity index (χ1) is 6.33. The molecular formula is C9H5N3O. The van der Waals surface area contributed by atoms with E-state index in [4.69, 9.17) is 20.5 Å². The molecule has 1 atom stereocenters. The number of rotatable bonds is 1. The molecule has 0 N–H and O–H groups in total. The summed E-state index contributed by atoms with van der Waals surface area (Å²) < 4.78 is 4.91. The van der Waals surface area contributed by atoms with Gasteiger partial charge in [0.1, 0.15) is 6.07 Å². The minimum absolute atomic E-state index is 0.398. The average Bonchev–Trinajstić information content (AvgIpc) is 2.20. The second-order valence-electron chi connectivity index (χ2n) is 2.33. The number of nitriles is 3. The van der Waals surface area contributed by atoms with Gasteiger partial charge in [0.2, 0.25) is 6.10 Å². The fourth-order valence-electron chi connectivity index (χ4n) is 0.971. The van der Waals surface area contributed by atoms with Gasteiger partial charge in [-0.1, -0.05) is 6.08 Å². The predicted molar refractivity (Wildman–Crippen MR) is 42.4 cm³/mol. The van der Waals surface area contributed by atoms with E-state index in [2.05, 4.69) is 0 Å². The van der Waals surface area contributed by atoms with Gasteiger partial charge in [0, 0.05) is 5.57 Å². The summed E-state index contributed by atoms with van der Waals surface area (Å²) in [5.74, 6) is -0.908. The van der Waals surface area contributed by atoms with Gasteiger partial charge in [-0.3, -0.25) is 0 Å². The van der Waals surface area contributed by atoms with Gasteiger partial charge >= 0.3 is 0 Å². The van der Waals surface area contributed by atoms with Gasteiger partial charge in [0.25, 0.3) is 0 Å². The molecule has 0 aromatic rings. The Morgan fingerprint density at radius 3 is 2.54 bits per heavy atom. The second-order valence-corrected chi connectivity index (χ2v) is 2.33. The molecule has 62 valence electrons. The van der Waals surface area contributed by atoms with E-state index in [0.29, 0.717) is 5.57 Å². The Morgan fingerprint density at radius 2 is 2.00 bits per heavy atom. The molecule has 1 rings (SSSR count). The molecule has 4 heteroatoms. The van der Waals surface area contributed by atoms with Crippen LogP contribution in [-0.4, -0.2) is 6.10 Å². The molecule has 0 fully saturated rings. The van der Waals surface area contributed by atoms with Crippen molar-refractivity contribution in [1.29, 1.82) is 15.8 Å². The van der Waals surface area contributed by atoms with Crippen LogP contribution < -0.4 is 0 Å². The smallest absolute Gasteiger partial charge is 0.207 e. The molecule has 0 aromatic heterocycles. The summed E-state index contributed by atoms with van der Waals surface area (Å²) in [6.07, 6.45) is 3.68. The van der Waals surface area contributed by atoms with Crippen molar-refractivity contribution >= 4 is 0 Å². The van der Waals surface area contributed by atoms with Crippen molar-refractivity contribution in [3.63, 3.8) is 0 Å². The molecule has 0 aromatic carbocycles. The molecule has 0 saturated carbocycles. The monoisotopic (exact) mass is 171 g/mol. The van der Waals surface area contributed by atoms with Crippen molar-refractivity contribution in [2.24, 2.45) is 5.92 Å². The van der Waals surface area contributed by atoms with Crippen molar-refractivity contribution in [3.05, 3.63) is 24.0 Å². The Balaban J connectivity index is 2.97. The highest BCUT2D eigenvalue weighted by Crippen LogP contribution is 2.19. The van der Waals surface area contributed by atoms with Gasteiger partial charge in [-0.25, -0.2) is 0 Å². The van der Waals surface area contributed by atoms with Crippen molar-refractivity contribution in [2.75, 3.05) is 0 Å². The summed E-state index contributed by atoms with van der Waals surface area (Å²) in [4.78, 5) is 0. The number of nitrogens with zero attached hydrogens (tertiary/aromatic N) is 3. The highest BCUT2D eigenvalue weighted by atomic mass is 16.5. The first kappa shape index (κ1) is 8.84. The van der Waals surface area contributed by atoms with Crippen LogP contribution in [0.5, 0.6) is 0 Å². The van der Waals surface area contributed by atoms with Crippen LogP contribution >= 0.6 is 0 Å². The van der Waals surface area contributed by atoms with E-state index in [1.165, 1.54) is 6.26 Å². The zero-order valence-corrected chi connectivity index (χ0v) is 6.64. The van der Waals surface area contributed by atoms with Gasteiger partial charge in [-0.2, -0.15) is 15.8 Å². The molecule has 0 amide bonds. The molecule has 0 spiro atoms. The largest absolute Gasteiger partial charge is 0.479 e. The molecule has 1 aliphatic rings. The highest BCUT2D eigenvalue weighted by Gasteiger charge is 2.24. The van der Waals surface area contributed by atoms with Gasteiger partial charge in [-0.15, -0.1) is 0 Å². The summed E-state index contributed by atoms with van der Waals surface area (Å²) in [7, 11) is 0. The van der Waals surface area contributed by atoms with Crippen molar-refractivity contribution in [1.82, 2.24) is 0 Å². The van der Waals surface area contributed by atoms with E-state index in [-0.39, 0.29) is 0 Å².